The summed E-state index contributed by atoms with van der Waals surface area (Å²) < 4.78 is 10.8. The molecule has 0 bridgehead atoms. The van der Waals surface area contributed by atoms with Crippen LogP contribution in [0.15, 0.2) is 35.8 Å². The lowest BCUT2D eigenvalue weighted by Crippen LogP contribution is -2.39. The van der Waals surface area contributed by atoms with Crippen LogP contribution in [0.25, 0.3) is 0 Å². The largest absolute Gasteiger partial charge is 0.497 e. The second kappa shape index (κ2) is 8.79. The third-order valence-electron chi connectivity index (χ3n) is 4.55. The average molecular weight is 308 g/mol. The standard InChI is InChI=1S/C18H28O4/c1-6-14-13(3)15(10-9-12(2)8-7-11-19)16(20)18(22-5)17(14)21-4/h6,9,11,13-16,20H,1,7-8,10H2,2-5H3/b12-9+. The molecule has 0 aromatic carbocycles. The van der Waals surface area contributed by atoms with E-state index in [4.69, 9.17) is 9.47 Å². The van der Waals surface area contributed by atoms with Crippen LogP contribution in [-0.4, -0.2) is 31.7 Å². The summed E-state index contributed by atoms with van der Waals surface area (Å²) in [6.45, 7) is 8.00. The Bertz CT molecular complexity index is 450. The van der Waals surface area contributed by atoms with Crippen molar-refractivity contribution in [2.24, 2.45) is 17.8 Å². The average Bonchev–Trinajstić information content (AvgIpc) is 2.52. The molecule has 0 saturated heterocycles. The van der Waals surface area contributed by atoms with Crippen LogP contribution in [0.4, 0.5) is 0 Å². The molecule has 4 nitrogen and oxygen atoms in total. The van der Waals surface area contributed by atoms with Crippen LogP contribution >= 0.6 is 0 Å². The molecule has 0 spiro atoms. The van der Waals surface area contributed by atoms with Gasteiger partial charge in [-0.2, -0.15) is 0 Å². The first kappa shape index (κ1) is 18.5. The van der Waals surface area contributed by atoms with Crippen molar-refractivity contribution in [2.45, 2.75) is 39.2 Å². The van der Waals surface area contributed by atoms with Crippen LogP contribution in [0, 0.1) is 17.8 Å². The van der Waals surface area contributed by atoms with Gasteiger partial charge in [0, 0.05) is 12.3 Å². The molecule has 1 rings (SSSR count). The third kappa shape index (κ3) is 4.01. The molecule has 0 radical (unpaired) electrons. The molecule has 1 N–H and O–H groups in total. The lowest BCUT2D eigenvalue weighted by Gasteiger charge is -2.39. The zero-order chi connectivity index (χ0) is 16.7. The van der Waals surface area contributed by atoms with Crippen LogP contribution in [0.2, 0.25) is 0 Å². The summed E-state index contributed by atoms with van der Waals surface area (Å²) in [4.78, 5) is 10.4. The van der Waals surface area contributed by atoms with Crippen molar-refractivity contribution >= 4 is 6.29 Å². The summed E-state index contributed by atoms with van der Waals surface area (Å²) in [5, 5.41) is 10.6. The first-order valence-corrected chi connectivity index (χ1v) is 7.73. The zero-order valence-electron chi connectivity index (χ0n) is 14.0. The molecule has 124 valence electrons. The minimum Gasteiger partial charge on any atom is -0.497 e. The van der Waals surface area contributed by atoms with Crippen molar-refractivity contribution in [1.82, 2.24) is 0 Å². The van der Waals surface area contributed by atoms with E-state index in [1.165, 1.54) is 5.57 Å². The van der Waals surface area contributed by atoms with Crippen LogP contribution in [0.3, 0.4) is 0 Å². The van der Waals surface area contributed by atoms with Crippen molar-refractivity contribution in [3.63, 3.8) is 0 Å². The number of carbonyl (C=O) groups excluding carboxylic acids is 1. The fraction of sp³-hybridized carbons (Fsp3) is 0.611. The maximum Gasteiger partial charge on any atom is 0.162 e. The number of ether oxygens (including phenoxy) is 2. The number of allylic oxidation sites excluding steroid dienone is 3. The monoisotopic (exact) mass is 308 g/mol. The summed E-state index contributed by atoms with van der Waals surface area (Å²) in [5.41, 5.74) is 1.17. The first-order chi connectivity index (χ1) is 10.5. The smallest absolute Gasteiger partial charge is 0.162 e. The predicted octanol–water partition coefficient (Wildman–Crippen LogP) is 3.24. The quantitative estimate of drug-likeness (QED) is 0.552. The number of hydrogen-bond donors (Lipinski definition) is 1. The Morgan fingerprint density at radius 1 is 1.32 bits per heavy atom. The van der Waals surface area contributed by atoms with Gasteiger partial charge in [0.15, 0.2) is 5.76 Å². The first-order valence-electron chi connectivity index (χ1n) is 7.73. The van der Waals surface area contributed by atoms with E-state index in [0.717, 1.165) is 19.1 Å². The maximum absolute atomic E-state index is 10.6. The van der Waals surface area contributed by atoms with Crippen LogP contribution in [0.5, 0.6) is 0 Å². The van der Waals surface area contributed by atoms with E-state index in [0.29, 0.717) is 17.9 Å². The van der Waals surface area contributed by atoms with Crippen molar-refractivity contribution in [3.05, 3.63) is 35.8 Å². The Balaban J connectivity index is 2.98. The minimum atomic E-state index is -0.693. The van der Waals surface area contributed by atoms with Gasteiger partial charge in [-0.3, -0.25) is 0 Å². The number of aldehydes is 1. The molecular formula is C18H28O4. The van der Waals surface area contributed by atoms with Crippen LogP contribution in [-0.2, 0) is 14.3 Å². The van der Waals surface area contributed by atoms with Gasteiger partial charge in [-0.25, -0.2) is 0 Å². The highest BCUT2D eigenvalue weighted by molar-refractivity contribution is 5.49. The van der Waals surface area contributed by atoms with Gasteiger partial charge in [-0.05, 0) is 31.6 Å². The third-order valence-corrected chi connectivity index (χ3v) is 4.55. The van der Waals surface area contributed by atoms with Gasteiger partial charge in [0.05, 0.1) is 14.2 Å². The van der Waals surface area contributed by atoms with Crippen LogP contribution in [0.1, 0.15) is 33.1 Å². The molecule has 0 amide bonds. The highest BCUT2D eigenvalue weighted by Gasteiger charge is 2.41. The van der Waals surface area contributed by atoms with Gasteiger partial charge >= 0.3 is 0 Å². The number of aliphatic hydroxyl groups excluding tert-OH is 1. The topological polar surface area (TPSA) is 55.8 Å². The van der Waals surface area contributed by atoms with Gasteiger partial charge in [0.2, 0.25) is 0 Å². The van der Waals surface area contributed by atoms with E-state index in [9.17, 15) is 9.90 Å². The highest BCUT2D eigenvalue weighted by Crippen LogP contribution is 2.42. The summed E-state index contributed by atoms with van der Waals surface area (Å²) in [6, 6.07) is 0. The number of methoxy groups -OCH3 is 2. The van der Waals surface area contributed by atoms with Gasteiger partial charge in [-0.1, -0.05) is 24.6 Å². The summed E-state index contributed by atoms with van der Waals surface area (Å²) in [7, 11) is 3.14. The van der Waals surface area contributed by atoms with E-state index < -0.39 is 6.10 Å². The number of aliphatic hydroxyl groups is 1. The van der Waals surface area contributed by atoms with Crippen molar-refractivity contribution in [3.8, 4) is 0 Å². The molecule has 0 heterocycles. The van der Waals surface area contributed by atoms with Gasteiger partial charge in [0.25, 0.3) is 0 Å². The molecule has 0 fully saturated rings. The van der Waals surface area contributed by atoms with Crippen molar-refractivity contribution in [1.29, 1.82) is 0 Å². The fourth-order valence-electron chi connectivity index (χ4n) is 3.15. The fourth-order valence-corrected chi connectivity index (χ4v) is 3.15. The summed E-state index contributed by atoms with van der Waals surface area (Å²) >= 11 is 0. The van der Waals surface area contributed by atoms with E-state index in [2.05, 4.69) is 19.6 Å². The van der Waals surface area contributed by atoms with E-state index in [1.807, 2.05) is 13.0 Å². The van der Waals surface area contributed by atoms with E-state index >= 15 is 0 Å². The summed E-state index contributed by atoms with van der Waals surface area (Å²) in [6.07, 6.45) is 6.24. The molecule has 1 aliphatic carbocycles. The molecule has 4 unspecified atom stereocenters. The molecule has 4 atom stereocenters. The van der Waals surface area contributed by atoms with E-state index in [1.54, 1.807) is 14.2 Å². The van der Waals surface area contributed by atoms with E-state index in [-0.39, 0.29) is 17.8 Å². The molecular weight excluding hydrogens is 280 g/mol. The Morgan fingerprint density at radius 2 is 1.95 bits per heavy atom. The van der Waals surface area contributed by atoms with Crippen molar-refractivity contribution < 1.29 is 19.4 Å². The predicted molar refractivity (Wildman–Crippen MR) is 87.1 cm³/mol. The molecule has 0 saturated carbocycles. The lowest BCUT2D eigenvalue weighted by atomic mass is 9.72. The molecule has 0 aromatic rings. The Kier molecular flexibility index (Phi) is 7.39. The SMILES string of the molecule is C=CC1C(OC)=C(OC)C(O)C(C/C=C(\C)CCC=O)C1C. The number of rotatable bonds is 8. The Hall–Kier alpha value is -1.55. The second-order valence-corrected chi connectivity index (χ2v) is 5.86. The lowest BCUT2D eigenvalue weighted by molar-refractivity contribution is -0.107. The summed E-state index contributed by atoms with van der Waals surface area (Å²) in [5.74, 6) is 1.40. The maximum atomic E-state index is 10.6. The number of carbonyl (C=O) groups is 1. The highest BCUT2D eigenvalue weighted by atomic mass is 16.5. The van der Waals surface area contributed by atoms with Crippen molar-refractivity contribution in [2.75, 3.05) is 14.2 Å². The number of hydrogen-bond acceptors (Lipinski definition) is 4. The molecule has 0 aliphatic heterocycles. The minimum absolute atomic E-state index is 0.0250. The molecule has 1 aliphatic rings. The Labute approximate surface area is 133 Å². The van der Waals surface area contributed by atoms with Crippen LogP contribution < -0.4 is 0 Å². The molecule has 4 heteroatoms. The zero-order valence-corrected chi connectivity index (χ0v) is 14.0. The second-order valence-electron chi connectivity index (χ2n) is 5.86. The molecule has 22 heavy (non-hydrogen) atoms. The van der Waals surface area contributed by atoms with Gasteiger partial charge in [0.1, 0.15) is 18.1 Å². The Morgan fingerprint density at radius 3 is 2.45 bits per heavy atom. The molecule has 0 aromatic heterocycles. The van der Waals surface area contributed by atoms with Gasteiger partial charge in [-0.15, -0.1) is 6.58 Å². The normalized spacial score (nSPS) is 29.2. The van der Waals surface area contributed by atoms with Gasteiger partial charge < -0.3 is 19.4 Å².